The number of aliphatic imine (C=N–C) groups is 1. The van der Waals surface area contributed by atoms with Crippen molar-refractivity contribution in [2.75, 3.05) is 18.9 Å². The Bertz CT molecular complexity index is 1220. The number of aldehydes is 1. The highest BCUT2D eigenvalue weighted by Crippen LogP contribution is 2.43. The summed E-state index contributed by atoms with van der Waals surface area (Å²) in [7, 11) is -2.82. The normalized spacial score (nSPS) is 14.8. The molecule has 37 heavy (non-hydrogen) atoms. The van der Waals surface area contributed by atoms with Gasteiger partial charge in [0.15, 0.2) is 0 Å². The zero-order valence-electron chi connectivity index (χ0n) is 21.4. The second-order valence-electron chi connectivity index (χ2n) is 10.0. The van der Waals surface area contributed by atoms with Crippen LogP contribution < -0.4 is 16.1 Å². The highest BCUT2D eigenvalue weighted by Gasteiger charge is 2.50. The first-order chi connectivity index (χ1) is 17.8. The number of nitrogen functional groups attached to an aromatic ring is 1. The zero-order valence-corrected chi connectivity index (χ0v) is 23.2. The van der Waals surface area contributed by atoms with Crippen LogP contribution in [0.15, 0.2) is 95.6 Å². The summed E-state index contributed by atoms with van der Waals surface area (Å²) >= 11 is 1.45. The molecule has 1 heterocycles. The van der Waals surface area contributed by atoms with Crippen molar-refractivity contribution < 1.29 is 14.3 Å². The molecule has 1 aliphatic heterocycles. The Kier molecular flexibility index (Phi) is 8.21. The summed E-state index contributed by atoms with van der Waals surface area (Å²) in [5.74, 6) is 0.114. The van der Waals surface area contributed by atoms with Crippen molar-refractivity contribution in [3.05, 3.63) is 96.2 Å². The van der Waals surface area contributed by atoms with E-state index >= 15 is 0 Å². The van der Waals surface area contributed by atoms with Crippen LogP contribution in [-0.2, 0) is 9.22 Å². The number of carbonyl (C=O) groups excluding carboxylic acids is 1. The summed E-state index contributed by atoms with van der Waals surface area (Å²) in [6.07, 6.45) is 4.06. The van der Waals surface area contributed by atoms with Crippen molar-refractivity contribution in [2.24, 2.45) is 4.99 Å². The quantitative estimate of drug-likeness (QED) is 0.181. The van der Waals surface area contributed by atoms with E-state index in [1.807, 2.05) is 16.4 Å². The zero-order chi connectivity index (χ0) is 26.5. The molecule has 0 saturated heterocycles. The number of aromatic hydroxyl groups is 1. The fourth-order valence-electron chi connectivity index (χ4n) is 4.81. The third-order valence-electron chi connectivity index (χ3n) is 6.50. The molecule has 0 radical (unpaired) electrons. The second-order valence-corrected chi connectivity index (χ2v) is 15.6. The van der Waals surface area contributed by atoms with E-state index in [-0.39, 0.29) is 16.0 Å². The molecule has 4 rings (SSSR count). The van der Waals surface area contributed by atoms with Gasteiger partial charge in [0.1, 0.15) is 18.4 Å². The van der Waals surface area contributed by atoms with Crippen LogP contribution in [0.1, 0.15) is 31.6 Å². The molecule has 0 bridgehead atoms. The van der Waals surface area contributed by atoms with Gasteiger partial charge < -0.3 is 19.6 Å². The standard InChI is InChI=1S/C29H33N3O3SSi/c1-29(2,3)37(23-11-6-4-7-12-23,24-13-8-5-9-14-24)35-20-27(28-25(30)15-10-16-26(28)34)36-32-18-22(19-33)17-31-21-32/h4-17,19,21,27,34H,18,20,30H2,1-3H3. The van der Waals surface area contributed by atoms with E-state index in [0.29, 0.717) is 30.0 Å². The number of nitrogens with zero attached hydrogens (tertiary/aromatic N) is 2. The first-order valence-electron chi connectivity index (χ1n) is 12.2. The van der Waals surface area contributed by atoms with Crippen LogP contribution in [0.5, 0.6) is 5.75 Å². The average molecular weight is 532 g/mol. The molecule has 0 aliphatic carbocycles. The predicted octanol–water partition coefficient (Wildman–Crippen LogP) is 4.67. The van der Waals surface area contributed by atoms with Crippen molar-refractivity contribution in [3.8, 4) is 5.75 Å². The summed E-state index contributed by atoms with van der Waals surface area (Å²) in [6.45, 7) is 7.39. The van der Waals surface area contributed by atoms with E-state index in [1.54, 1.807) is 30.7 Å². The number of rotatable bonds is 9. The Morgan fingerprint density at radius 1 is 1.05 bits per heavy atom. The average Bonchev–Trinajstić information content (AvgIpc) is 2.89. The minimum atomic E-state index is -2.82. The summed E-state index contributed by atoms with van der Waals surface area (Å²) in [5.41, 5.74) is 8.07. The largest absolute Gasteiger partial charge is 0.508 e. The molecule has 8 heteroatoms. The van der Waals surface area contributed by atoms with Gasteiger partial charge in [-0.3, -0.25) is 4.79 Å². The highest BCUT2D eigenvalue weighted by molar-refractivity contribution is 7.97. The van der Waals surface area contributed by atoms with Gasteiger partial charge in [-0.25, -0.2) is 4.99 Å². The van der Waals surface area contributed by atoms with E-state index < -0.39 is 8.32 Å². The molecular weight excluding hydrogens is 498 g/mol. The third kappa shape index (κ3) is 5.66. The number of hydrogen-bond donors (Lipinski definition) is 2. The topological polar surface area (TPSA) is 88.2 Å². The van der Waals surface area contributed by atoms with E-state index in [4.69, 9.17) is 10.2 Å². The first kappa shape index (κ1) is 26.7. The number of phenols is 1. The number of phenolic OH excluding ortho intramolecular Hbond substituents is 1. The van der Waals surface area contributed by atoms with Gasteiger partial charge in [0, 0.05) is 23.0 Å². The van der Waals surface area contributed by atoms with Crippen LogP contribution in [0, 0.1) is 0 Å². The van der Waals surface area contributed by atoms with Gasteiger partial charge in [0.25, 0.3) is 8.32 Å². The number of benzene rings is 3. The maximum Gasteiger partial charge on any atom is 0.261 e. The lowest BCUT2D eigenvalue weighted by molar-refractivity contribution is -0.105. The lowest BCUT2D eigenvalue weighted by Crippen LogP contribution is -2.66. The Balaban J connectivity index is 1.77. The molecule has 3 N–H and O–H groups in total. The number of hydrogen-bond acceptors (Lipinski definition) is 7. The van der Waals surface area contributed by atoms with Gasteiger partial charge in [0.05, 0.1) is 18.4 Å². The molecule has 6 nitrogen and oxygen atoms in total. The van der Waals surface area contributed by atoms with Crippen LogP contribution in [-0.4, -0.2) is 43.5 Å². The number of anilines is 1. The Labute approximate surface area is 224 Å². The molecule has 0 aromatic heterocycles. The van der Waals surface area contributed by atoms with Crippen LogP contribution in [0.4, 0.5) is 5.69 Å². The van der Waals surface area contributed by atoms with Gasteiger partial charge in [-0.15, -0.1) is 0 Å². The molecule has 3 aromatic carbocycles. The molecule has 1 aliphatic rings. The molecule has 0 spiro atoms. The molecule has 1 unspecified atom stereocenters. The lowest BCUT2D eigenvalue weighted by atomic mass is 10.1. The maximum absolute atomic E-state index is 11.4. The molecule has 3 aromatic rings. The molecule has 0 saturated carbocycles. The van der Waals surface area contributed by atoms with Crippen molar-refractivity contribution in [1.29, 1.82) is 0 Å². The third-order valence-corrected chi connectivity index (χ3v) is 12.6. The molecule has 0 fully saturated rings. The minimum Gasteiger partial charge on any atom is -0.508 e. The number of carbonyl (C=O) groups is 1. The smallest absolute Gasteiger partial charge is 0.261 e. The van der Waals surface area contributed by atoms with Crippen LogP contribution >= 0.6 is 11.9 Å². The van der Waals surface area contributed by atoms with E-state index in [9.17, 15) is 9.90 Å². The first-order valence-corrected chi connectivity index (χ1v) is 14.9. The summed E-state index contributed by atoms with van der Waals surface area (Å²) < 4.78 is 9.07. The summed E-state index contributed by atoms with van der Waals surface area (Å²) in [5, 5.41) is 12.7. The van der Waals surface area contributed by atoms with Gasteiger partial charge >= 0.3 is 0 Å². The monoisotopic (exact) mass is 531 g/mol. The van der Waals surface area contributed by atoms with Crippen LogP contribution in [0.2, 0.25) is 5.04 Å². The SMILES string of the molecule is CC(C)(C)[Si](OCC(SN1C=NC=C(C=O)C1)c1c(N)cccc1O)(c1ccccc1)c1ccccc1. The van der Waals surface area contributed by atoms with Crippen LogP contribution in [0.25, 0.3) is 0 Å². The van der Waals surface area contributed by atoms with E-state index in [1.165, 1.54) is 22.3 Å². The molecule has 0 amide bonds. The molecular formula is C29H33N3O3SSi. The van der Waals surface area contributed by atoms with Crippen molar-refractivity contribution in [2.45, 2.75) is 31.1 Å². The van der Waals surface area contributed by atoms with Gasteiger partial charge in [-0.2, -0.15) is 0 Å². The van der Waals surface area contributed by atoms with Crippen molar-refractivity contribution in [3.63, 3.8) is 0 Å². The minimum absolute atomic E-state index is 0.114. The Hall–Kier alpha value is -3.33. The lowest BCUT2D eigenvalue weighted by Gasteiger charge is -2.44. The van der Waals surface area contributed by atoms with Gasteiger partial charge in [-0.05, 0) is 39.5 Å². The maximum atomic E-state index is 11.4. The summed E-state index contributed by atoms with van der Waals surface area (Å²) in [4.78, 5) is 15.6. The molecule has 1 atom stereocenters. The fourth-order valence-corrected chi connectivity index (χ4v) is 10.7. The van der Waals surface area contributed by atoms with Crippen molar-refractivity contribution >= 4 is 49.0 Å². The molecule has 192 valence electrons. The van der Waals surface area contributed by atoms with E-state index in [2.05, 4.69) is 74.3 Å². The Morgan fingerprint density at radius 2 is 1.68 bits per heavy atom. The van der Waals surface area contributed by atoms with Gasteiger partial charge in [0.2, 0.25) is 0 Å². The van der Waals surface area contributed by atoms with Gasteiger partial charge in [-0.1, -0.05) is 87.5 Å². The number of nitrogens with two attached hydrogens (primary N) is 1. The Morgan fingerprint density at radius 3 is 2.22 bits per heavy atom. The fraction of sp³-hybridized carbons (Fsp3) is 0.241. The second kappa shape index (κ2) is 11.4. The highest BCUT2D eigenvalue weighted by atomic mass is 32.2. The van der Waals surface area contributed by atoms with Crippen molar-refractivity contribution in [1.82, 2.24) is 4.31 Å². The predicted molar refractivity (Wildman–Crippen MR) is 156 cm³/mol. The summed E-state index contributed by atoms with van der Waals surface area (Å²) in [6, 6.07) is 26.0. The van der Waals surface area contributed by atoms with Crippen LogP contribution in [0.3, 0.4) is 0 Å². The van der Waals surface area contributed by atoms with E-state index in [0.717, 1.165) is 6.29 Å².